The van der Waals surface area contributed by atoms with Crippen LogP contribution in [0.2, 0.25) is 5.02 Å². The Hall–Kier alpha value is -0.640. The zero-order valence-electron chi connectivity index (χ0n) is 8.80. The molecule has 0 aromatic heterocycles. The van der Waals surface area contributed by atoms with Crippen LogP contribution in [0.3, 0.4) is 0 Å². The lowest BCUT2D eigenvalue weighted by atomic mass is 9.81. The molecule has 0 saturated carbocycles. The number of nitrogens with two attached hydrogens (primary N) is 1. The zero-order valence-corrected chi connectivity index (χ0v) is 9.55. The molecule has 0 aliphatic rings. The van der Waals surface area contributed by atoms with Gasteiger partial charge in [-0.2, -0.15) is 0 Å². The predicted octanol–water partition coefficient (Wildman–Crippen LogP) is 2.50. The third-order valence-electron chi connectivity index (χ3n) is 2.55. The van der Waals surface area contributed by atoms with E-state index in [2.05, 4.69) is 0 Å². The molecule has 0 radical (unpaired) electrons. The van der Waals surface area contributed by atoms with E-state index < -0.39 is 17.3 Å². The normalized spacial score (nSPS) is 14.0. The summed E-state index contributed by atoms with van der Waals surface area (Å²) in [4.78, 5) is 0. The van der Waals surface area contributed by atoms with Gasteiger partial charge < -0.3 is 10.8 Å². The smallest absolute Gasteiger partial charge is 0.129 e. The Labute approximate surface area is 93.9 Å². The molecule has 0 fully saturated rings. The van der Waals surface area contributed by atoms with Gasteiger partial charge >= 0.3 is 0 Å². The highest BCUT2D eigenvalue weighted by Crippen LogP contribution is 2.32. The van der Waals surface area contributed by atoms with Gasteiger partial charge in [-0.25, -0.2) is 4.39 Å². The minimum absolute atomic E-state index is 0.101. The molecule has 2 nitrogen and oxygen atoms in total. The summed E-state index contributed by atoms with van der Waals surface area (Å²) in [6.45, 7) is 3.47. The maximum Gasteiger partial charge on any atom is 0.129 e. The molecule has 3 N–H and O–H groups in total. The molecule has 1 aromatic carbocycles. The van der Waals surface area contributed by atoms with E-state index in [1.807, 2.05) is 0 Å². The molecule has 0 saturated heterocycles. The first-order valence-electron chi connectivity index (χ1n) is 4.70. The molecule has 0 aliphatic heterocycles. The maximum atomic E-state index is 13.5. The molecular weight excluding hydrogens is 217 g/mol. The Balaban J connectivity index is 3.06. The van der Waals surface area contributed by atoms with Gasteiger partial charge in [0.05, 0.1) is 0 Å². The lowest BCUT2D eigenvalue weighted by Crippen LogP contribution is -2.33. The fourth-order valence-electron chi connectivity index (χ4n) is 1.27. The second-order valence-corrected chi connectivity index (χ2v) is 4.73. The molecule has 15 heavy (non-hydrogen) atoms. The number of benzene rings is 1. The Morgan fingerprint density at radius 1 is 1.53 bits per heavy atom. The van der Waals surface area contributed by atoms with E-state index in [-0.39, 0.29) is 6.61 Å². The van der Waals surface area contributed by atoms with Gasteiger partial charge in [0.15, 0.2) is 0 Å². The van der Waals surface area contributed by atoms with Crippen LogP contribution >= 0.6 is 11.6 Å². The van der Waals surface area contributed by atoms with Crippen molar-refractivity contribution in [2.24, 2.45) is 11.1 Å². The summed E-state index contributed by atoms with van der Waals surface area (Å²) in [7, 11) is 0. The summed E-state index contributed by atoms with van der Waals surface area (Å²) in [5.41, 5.74) is 5.70. The molecule has 0 aliphatic carbocycles. The number of aliphatic hydroxyl groups excluding tert-OH is 1. The molecule has 0 spiro atoms. The first-order valence-corrected chi connectivity index (χ1v) is 5.07. The van der Waals surface area contributed by atoms with Crippen LogP contribution in [-0.2, 0) is 0 Å². The van der Waals surface area contributed by atoms with Crippen molar-refractivity contribution in [2.75, 3.05) is 6.61 Å². The summed E-state index contributed by atoms with van der Waals surface area (Å²) >= 11 is 5.64. The molecule has 1 atom stereocenters. The Kier molecular flexibility index (Phi) is 3.71. The van der Waals surface area contributed by atoms with E-state index in [1.54, 1.807) is 26.0 Å². The number of hydrogen-bond donors (Lipinski definition) is 2. The van der Waals surface area contributed by atoms with Crippen LogP contribution in [0.25, 0.3) is 0 Å². The number of aliphatic hydroxyl groups is 1. The highest BCUT2D eigenvalue weighted by Gasteiger charge is 2.28. The molecule has 0 amide bonds. The van der Waals surface area contributed by atoms with E-state index in [0.29, 0.717) is 10.6 Å². The van der Waals surface area contributed by atoms with Gasteiger partial charge in [0.1, 0.15) is 5.82 Å². The molecular formula is C11H15ClFNO. The van der Waals surface area contributed by atoms with Crippen molar-refractivity contribution in [1.29, 1.82) is 0 Å². The zero-order chi connectivity index (χ0) is 11.6. The van der Waals surface area contributed by atoms with Crippen LogP contribution in [0.1, 0.15) is 25.5 Å². The van der Waals surface area contributed by atoms with Crippen LogP contribution in [0, 0.1) is 11.2 Å². The van der Waals surface area contributed by atoms with E-state index in [4.69, 9.17) is 22.4 Å². The lowest BCUT2D eigenvalue weighted by Gasteiger charge is -2.29. The quantitative estimate of drug-likeness (QED) is 0.840. The van der Waals surface area contributed by atoms with Crippen molar-refractivity contribution < 1.29 is 9.50 Å². The van der Waals surface area contributed by atoms with Crippen molar-refractivity contribution in [1.82, 2.24) is 0 Å². The SMILES string of the molecule is CC(C)(CO)[C@@H](N)c1ccc(Cl)cc1F. The van der Waals surface area contributed by atoms with E-state index in [0.717, 1.165) is 0 Å². The minimum Gasteiger partial charge on any atom is -0.396 e. The van der Waals surface area contributed by atoms with Gasteiger partial charge in [0.2, 0.25) is 0 Å². The van der Waals surface area contributed by atoms with Crippen molar-refractivity contribution in [2.45, 2.75) is 19.9 Å². The fraction of sp³-hybridized carbons (Fsp3) is 0.455. The van der Waals surface area contributed by atoms with Crippen molar-refractivity contribution in [3.8, 4) is 0 Å². The van der Waals surface area contributed by atoms with Crippen LogP contribution in [0.15, 0.2) is 18.2 Å². The van der Waals surface area contributed by atoms with Crippen molar-refractivity contribution in [3.05, 3.63) is 34.6 Å². The second-order valence-electron chi connectivity index (χ2n) is 4.29. The summed E-state index contributed by atoms with van der Waals surface area (Å²) in [5, 5.41) is 9.48. The third kappa shape index (κ3) is 2.68. The number of halogens is 2. The Morgan fingerprint density at radius 3 is 2.60 bits per heavy atom. The monoisotopic (exact) mass is 231 g/mol. The highest BCUT2D eigenvalue weighted by molar-refractivity contribution is 6.30. The Bertz CT molecular complexity index is 354. The predicted molar refractivity (Wildman–Crippen MR) is 59.2 cm³/mol. The molecule has 1 rings (SSSR count). The van der Waals surface area contributed by atoms with E-state index in [9.17, 15) is 4.39 Å². The van der Waals surface area contributed by atoms with Crippen molar-refractivity contribution >= 4 is 11.6 Å². The van der Waals surface area contributed by atoms with Gasteiger partial charge in [0, 0.05) is 28.6 Å². The fourth-order valence-corrected chi connectivity index (χ4v) is 1.43. The van der Waals surface area contributed by atoms with E-state index in [1.165, 1.54) is 6.07 Å². The minimum atomic E-state index is -0.561. The molecule has 0 bridgehead atoms. The maximum absolute atomic E-state index is 13.5. The van der Waals surface area contributed by atoms with Crippen LogP contribution in [0.5, 0.6) is 0 Å². The summed E-state index contributed by atoms with van der Waals surface area (Å²) in [6, 6.07) is 3.82. The standard InChI is InChI=1S/C11H15ClFNO/c1-11(2,6-15)10(14)8-4-3-7(12)5-9(8)13/h3-5,10,15H,6,14H2,1-2H3/t10-/m0/s1. The molecule has 84 valence electrons. The number of rotatable bonds is 3. The van der Waals surface area contributed by atoms with Gasteiger partial charge in [-0.15, -0.1) is 0 Å². The average molecular weight is 232 g/mol. The molecule has 4 heteroatoms. The van der Waals surface area contributed by atoms with Crippen LogP contribution in [0.4, 0.5) is 4.39 Å². The van der Waals surface area contributed by atoms with Gasteiger partial charge in [-0.3, -0.25) is 0 Å². The van der Waals surface area contributed by atoms with Gasteiger partial charge in [-0.1, -0.05) is 31.5 Å². The second kappa shape index (κ2) is 4.47. The lowest BCUT2D eigenvalue weighted by molar-refractivity contribution is 0.131. The molecule has 1 aromatic rings. The summed E-state index contributed by atoms with van der Waals surface area (Å²) in [6.07, 6.45) is 0. The van der Waals surface area contributed by atoms with Crippen LogP contribution < -0.4 is 5.73 Å². The highest BCUT2D eigenvalue weighted by atomic mass is 35.5. The first-order chi connectivity index (χ1) is 6.88. The van der Waals surface area contributed by atoms with Gasteiger partial charge in [-0.05, 0) is 12.1 Å². The Morgan fingerprint density at radius 2 is 2.13 bits per heavy atom. The molecule has 0 heterocycles. The van der Waals surface area contributed by atoms with E-state index >= 15 is 0 Å². The number of hydrogen-bond acceptors (Lipinski definition) is 2. The summed E-state index contributed by atoms with van der Waals surface area (Å²) < 4.78 is 13.5. The average Bonchev–Trinajstić information content (AvgIpc) is 2.17. The largest absolute Gasteiger partial charge is 0.396 e. The topological polar surface area (TPSA) is 46.2 Å². The molecule has 0 unspecified atom stereocenters. The first kappa shape index (κ1) is 12.4. The van der Waals surface area contributed by atoms with Gasteiger partial charge in [0.25, 0.3) is 0 Å². The van der Waals surface area contributed by atoms with Crippen molar-refractivity contribution in [3.63, 3.8) is 0 Å². The van der Waals surface area contributed by atoms with Crippen LogP contribution in [-0.4, -0.2) is 11.7 Å². The summed E-state index contributed by atoms with van der Waals surface area (Å²) in [5.74, 6) is -0.434. The third-order valence-corrected chi connectivity index (χ3v) is 2.78.